The van der Waals surface area contributed by atoms with Gasteiger partial charge in [-0.05, 0) is 30.3 Å². The third-order valence-electron chi connectivity index (χ3n) is 3.97. The lowest BCUT2D eigenvalue weighted by molar-refractivity contribution is -0.115. The molecule has 8 heteroatoms. The van der Waals surface area contributed by atoms with Gasteiger partial charge in [0.25, 0.3) is 11.1 Å². The second-order valence-electron chi connectivity index (χ2n) is 5.51. The molecule has 1 unspecified atom stereocenters. The van der Waals surface area contributed by atoms with Gasteiger partial charge in [0.15, 0.2) is 11.5 Å². The summed E-state index contributed by atoms with van der Waals surface area (Å²) in [7, 11) is 3.09. The van der Waals surface area contributed by atoms with Crippen molar-refractivity contribution in [2.24, 2.45) is 0 Å². The number of thioether (sulfide) groups is 1. The fourth-order valence-electron chi connectivity index (χ4n) is 2.80. The molecule has 0 saturated carbocycles. The van der Waals surface area contributed by atoms with Crippen molar-refractivity contribution in [2.45, 2.75) is 12.5 Å². The van der Waals surface area contributed by atoms with Crippen molar-refractivity contribution in [3.8, 4) is 11.5 Å². The molecule has 2 fully saturated rings. The fourth-order valence-corrected chi connectivity index (χ4v) is 3.47. The predicted octanol–water partition coefficient (Wildman–Crippen LogP) is 1.60. The summed E-state index contributed by atoms with van der Waals surface area (Å²) in [6, 6.07) is 3.59. The molecule has 3 rings (SSSR count). The van der Waals surface area contributed by atoms with Gasteiger partial charge in [-0.1, -0.05) is 0 Å². The van der Waals surface area contributed by atoms with E-state index in [1.807, 2.05) is 11.0 Å². The molecule has 2 amide bonds. The number of imide groups is 1. The van der Waals surface area contributed by atoms with E-state index in [4.69, 9.17) is 9.47 Å². The van der Waals surface area contributed by atoms with Crippen LogP contribution in [0.3, 0.4) is 0 Å². The van der Waals surface area contributed by atoms with Gasteiger partial charge in [0.1, 0.15) is 0 Å². The standard InChI is InChI=1S/C16H18N2O5S/c1-22-12-5-9(6-14-15(20)17-16(21)24-14)11(7-13(12)23-2)18-4-3-10(19)8-18/h5-7,10,19H,3-4,8H2,1-2H3,(H,17,20,21)/b14-6-. The van der Waals surface area contributed by atoms with Crippen LogP contribution < -0.4 is 19.7 Å². The maximum absolute atomic E-state index is 11.8. The van der Waals surface area contributed by atoms with Gasteiger partial charge in [-0.3, -0.25) is 14.9 Å². The molecular weight excluding hydrogens is 332 g/mol. The van der Waals surface area contributed by atoms with Gasteiger partial charge in [0.05, 0.1) is 25.2 Å². The van der Waals surface area contributed by atoms with Crippen LogP contribution in [0.5, 0.6) is 11.5 Å². The molecular formula is C16H18N2O5S. The lowest BCUT2D eigenvalue weighted by atomic mass is 10.1. The number of rotatable bonds is 4. The van der Waals surface area contributed by atoms with Gasteiger partial charge in [0, 0.05) is 30.4 Å². The molecule has 2 heterocycles. The molecule has 1 aromatic carbocycles. The predicted molar refractivity (Wildman–Crippen MR) is 91.5 cm³/mol. The monoisotopic (exact) mass is 350 g/mol. The smallest absolute Gasteiger partial charge is 0.290 e. The van der Waals surface area contributed by atoms with Gasteiger partial charge >= 0.3 is 0 Å². The van der Waals surface area contributed by atoms with Crippen molar-refractivity contribution in [3.63, 3.8) is 0 Å². The normalized spacial score (nSPS) is 22.2. The number of benzene rings is 1. The van der Waals surface area contributed by atoms with Crippen LogP contribution in [0.25, 0.3) is 6.08 Å². The molecule has 0 spiro atoms. The molecule has 2 saturated heterocycles. The summed E-state index contributed by atoms with van der Waals surface area (Å²) in [6.07, 6.45) is 1.95. The Labute approximate surface area is 143 Å². The van der Waals surface area contributed by atoms with E-state index < -0.39 is 5.91 Å². The molecule has 2 aliphatic rings. The van der Waals surface area contributed by atoms with E-state index in [-0.39, 0.29) is 11.3 Å². The minimum atomic E-state index is -0.410. The first kappa shape index (κ1) is 16.7. The Morgan fingerprint density at radius 1 is 1.29 bits per heavy atom. The van der Waals surface area contributed by atoms with E-state index in [0.29, 0.717) is 35.9 Å². The number of aliphatic hydroxyl groups is 1. The highest BCUT2D eigenvalue weighted by Crippen LogP contribution is 2.39. The fraction of sp³-hybridized carbons (Fsp3) is 0.375. The molecule has 2 aliphatic heterocycles. The van der Waals surface area contributed by atoms with Crippen LogP contribution in [0.4, 0.5) is 10.5 Å². The average molecular weight is 350 g/mol. The third kappa shape index (κ3) is 3.20. The number of aliphatic hydroxyl groups excluding tert-OH is 1. The summed E-state index contributed by atoms with van der Waals surface area (Å²) in [4.78, 5) is 25.5. The van der Waals surface area contributed by atoms with Crippen LogP contribution in [-0.4, -0.2) is 49.7 Å². The lowest BCUT2D eigenvalue weighted by Crippen LogP contribution is -2.22. The van der Waals surface area contributed by atoms with Gasteiger partial charge in [-0.15, -0.1) is 0 Å². The summed E-state index contributed by atoms with van der Waals surface area (Å²) in [5.74, 6) is 0.686. The second kappa shape index (κ2) is 6.74. The Morgan fingerprint density at radius 3 is 2.54 bits per heavy atom. The quantitative estimate of drug-likeness (QED) is 0.798. The highest BCUT2D eigenvalue weighted by molar-refractivity contribution is 8.18. The zero-order valence-corrected chi connectivity index (χ0v) is 14.2. The Hall–Kier alpha value is -2.19. The number of anilines is 1. The molecule has 2 N–H and O–H groups in total. The van der Waals surface area contributed by atoms with E-state index in [2.05, 4.69) is 5.32 Å². The number of nitrogens with one attached hydrogen (secondary N) is 1. The molecule has 0 radical (unpaired) electrons. The number of hydrogen-bond donors (Lipinski definition) is 2. The summed E-state index contributed by atoms with van der Waals surface area (Å²) in [6.45, 7) is 1.20. The lowest BCUT2D eigenvalue weighted by Gasteiger charge is -2.22. The maximum Gasteiger partial charge on any atom is 0.290 e. The SMILES string of the molecule is COc1cc(/C=C2\SC(=O)NC2=O)c(N2CCC(O)C2)cc1OC. The molecule has 0 aromatic heterocycles. The van der Waals surface area contributed by atoms with Crippen molar-refractivity contribution in [1.82, 2.24) is 5.32 Å². The molecule has 7 nitrogen and oxygen atoms in total. The van der Waals surface area contributed by atoms with Crippen LogP contribution in [0.1, 0.15) is 12.0 Å². The van der Waals surface area contributed by atoms with E-state index in [1.165, 1.54) is 7.11 Å². The summed E-state index contributed by atoms with van der Waals surface area (Å²) >= 11 is 0.865. The number of nitrogens with zero attached hydrogens (tertiary/aromatic N) is 1. The first-order valence-electron chi connectivity index (χ1n) is 7.45. The maximum atomic E-state index is 11.8. The summed E-state index contributed by atoms with van der Waals surface area (Å²) < 4.78 is 10.7. The summed E-state index contributed by atoms with van der Waals surface area (Å²) in [5.41, 5.74) is 1.55. The van der Waals surface area contributed by atoms with E-state index in [1.54, 1.807) is 19.3 Å². The van der Waals surface area contributed by atoms with Crippen molar-refractivity contribution >= 4 is 34.7 Å². The Kier molecular flexibility index (Phi) is 4.68. The largest absolute Gasteiger partial charge is 0.493 e. The molecule has 24 heavy (non-hydrogen) atoms. The van der Waals surface area contributed by atoms with Crippen molar-refractivity contribution in [1.29, 1.82) is 0 Å². The number of hydrogen-bond acceptors (Lipinski definition) is 7. The molecule has 1 atom stereocenters. The molecule has 0 bridgehead atoms. The van der Waals surface area contributed by atoms with Crippen LogP contribution in [0, 0.1) is 0 Å². The first-order valence-corrected chi connectivity index (χ1v) is 8.27. The van der Waals surface area contributed by atoms with Crippen molar-refractivity contribution < 1.29 is 24.2 Å². The third-order valence-corrected chi connectivity index (χ3v) is 4.78. The second-order valence-corrected chi connectivity index (χ2v) is 6.52. The Morgan fingerprint density at radius 2 is 2.00 bits per heavy atom. The summed E-state index contributed by atoms with van der Waals surface area (Å²) in [5, 5.41) is 11.7. The Balaban J connectivity index is 2.06. The van der Waals surface area contributed by atoms with E-state index >= 15 is 0 Å². The van der Waals surface area contributed by atoms with Crippen molar-refractivity contribution in [2.75, 3.05) is 32.2 Å². The van der Waals surface area contributed by atoms with Crippen LogP contribution in [0.2, 0.25) is 0 Å². The number of carbonyl (C=O) groups excluding carboxylic acids is 2. The highest BCUT2D eigenvalue weighted by atomic mass is 32.2. The zero-order chi connectivity index (χ0) is 17.3. The van der Waals surface area contributed by atoms with Gasteiger partial charge in [-0.25, -0.2) is 0 Å². The van der Waals surface area contributed by atoms with Crippen LogP contribution in [0.15, 0.2) is 17.0 Å². The molecule has 1 aromatic rings. The van der Waals surface area contributed by atoms with Gasteiger partial charge in [0.2, 0.25) is 0 Å². The number of amides is 2. The van der Waals surface area contributed by atoms with Gasteiger partial charge < -0.3 is 19.5 Å². The molecule has 128 valence electrons. The molecule has 0 aliphatic carbocycles. The number of β-amino-alcohol motifs (C(OH)–C–C–N with tert-alkyl or cyclic N) is 1. The van der Waals surface area contributed by atoms with E-state index in [0.717, 1.165) is 23.0 Å². The van der Waals surface area contributed by atoms with Crippen molar-refractivity contribution in [3.05, 3.63) is 22.6 Å². The number of ether oxygens (including phenoxy) is 2. The highest BCUT2D eigenvalue weighted by Gasteiger charge is 2.27. The Bertz CT molecular complexity index is 719. The van der Waals surface area contributed by atoms with Crippen LogP contribution >= 0.6 is 11.8 Å². The van der Waals surface area contributed by atoms with Crippen LogP contribution in [-0.2, 0) is 4.79 Å². The first-order chi connectivity index (χ1) is 11.5. The minimum Gasteiger partial charge on any atom is -0.493 e. The van der Waals surface area contributed by atoms with Gasteiger partial charge in [-0.2, -0.15) is 0 Å². The average Bonchev–Trinajstić information content (AvgIpc) is 3.12. The zero-order valence-electron chi connectivity index (χ0n) is 13.4. The number of carbonyl (C=O) groups is 2. The minimum absolute atomic E-state index is 0.327. The number of methoxy groups -OCH3 is 2. The van der Waals surface area contributed by atoms with E-state index in [9.17, 15) is 14.7 Å². The topological polar surface area (TPSA) is 88.1 Å².